The number of fused-ring (bicyclic) bond motifs is 1. The SMILES string of the molecule is CN(Cc1ccccc1)C(=O)c1cc(C(=O)N2Cc3ccc(OC4CCNCC4)cc3C2)c(O)cc1O. The maximum Gasteiger partial charge on any atom is 0.258 e. The molecule has 1 saturated heterocycles. The number of carbonyl (C=O) groups excluding carboxylic acids is 2. The number of nitrogens with zero attached hydrogens (tertiary/aromatic N) is 2. The average molecular weight is 502 g/mol. The zero-order valence-electron chi connectivity index (χ0n) is 20.8. The van der Waals surface area contributed by atoms with Gasteiger partial charge in [0.15, 0.2) is 0 Å². The first-order valence-corrected chi connectivity index (χ1v) is 12.5. The third-order valence-electron chi connectivity index (χ3n) is 6.96. The van der Waals surface area contributed by atoms with Gasteiger partial charge in [0.05, 0.1) is 11.1 Å². The van der Waals surface area contributed by atoms with Crippen molar-refractivity contribution in [1.29, 1.82) is 0 Å². The Morgan fingerprint density at radius 2 is 1.65 bits per heavy atom. The molecule has 8 heteroatoms. The zero-order chi connectivity index (χ0) is 25.9. The van der Waals surface area contributed by atoms with E-state index in [1.165, 1.54) is 11.0 Å². The van der Waals surface area contributed by atoms with E-state index < -0.39 is 11.8 Å². The van der Waals surface area contributed by atoms with Crippen molar-refractivity contribution in [3.8, 4) is 17.2 Å². The highest BCUT2D eigenvalue weighted by Crippen LogP contribution is 2.33. The number of ether oxygens (including phenoxy) is 1. The molecule has 0 bridgehead atoms. The molecule has 2 aliphatic heterocycles. The van der Waals surface area contributed by atoms with E-state index in [4.69, 9.17) is 4.74 Å². The molecule has 0 radical (unpaired) electrons. The fraction of sp³-hybridized carbons (Fsp3) is 0.310. The van der Waals surface area contributed by atoms with Gasteiger partial charge in [0.2, 0.25) is 0 Å². The van der Waals surface area contributed by atoms with Crippen LogP contribution in [0.2, 0.25) is 0 Å². The van der Waals surface area contributed by atoms with E-state index in [1.807, 2.05) is 48.5 Å². The fourth-order valence-corrected chi connectivity index (χ4v) is 4.92. The largest absolute Gasteiger partial charge is 0.507 e. The number of carbonyl (C=O) groups is 2. The first kappa shape index (κ1) is 24.6. The van der Waals surface area contributed by atoms with Crippen LogP contribution in [0.5, 0.6) is 17.2 Å². The lowest BCUT2D eigenvalue weighted by molar-refractivity contribution is 0.0748. The van der Waals surface area contributed by atoms with Gasteiger partial charge in [-0.15, -0.1) is 0 Å². The molecule has 3 aromatic rings. The standard InChI is InChI=1S/C29H31N3O5/c1-31(16-19-5-3-2-4-6-19)28(35)24-14-25(27(34)15-26(24)33)29(36)32-17-20-7-8-23(13-21(20)18-32)37-22-9-11-30-12-10-22/h2-8,13-15,22,30,33-34H,9-12,16-18H2,1H3. The zero-order valence-corrected chi connectivity index (χ0v) is 20.8. The molecule has 3 aromatic carbocycles. The van der Waals surface area contributed by atoms with Crippen molar-refractivity contribution in [3.05, 3.63) is 88.5 Å². The highest BCUT2D eigenvalue weighted by molar-refractivity contribution is 6.03. The van der Waals surface area contributed by atoms with E-state index in [0.29, 0.717) is 19.6 Å². The third kappa shape index (κ3) is 5.39. The molecule has 0 aliphatic carbocycles. The number of aromatic hydroxyl groups is 2. The van der Waals surface area contributed by atoms with Gasteiger partial charge in [-0.1, -0.05) is 36.4 Å². The summed E-state index contributed by atoms with van der Waals surface area (Å²) in [5, 5.41) is 24.2. The fourth-order valence-electron chi connectivity index (χ4n) is 4.92. The van der Waals surface area contributed by atoms with Crippen molar-refractivity contribution >= 4 is 11.8 Å². The Kier molecular flexibility index (Phi) is 7.01. The summed E-state index contributed by atoms with van der Waals surface area (Å²) in [7, 11) is 1.63. The van der Waals surface area contributed by atoms with Crippen LogP contribution in [0.15, 0.2) is 60.7 Å². The molecular weight excluding hydrogens is 470 g/mol. The summed E-state index contributed by atoms with van der Waals surface area (Å²) in [4.78, 5) is 29.6. The van der Waals surface area contributed by atoms with Crippen LogP contribution in [-0.2, 0) is 19.6 Å². The van der Waals surface area contributed by atoms with Crippen molar-refractivity contribution in [3.63, 3.8) is 0 Å². The lowest BCUT2D eigenvalue weighted by atomic mass is 10.1. The number of amides is 2. The van der Waals surface area contributed by atoms with Crippen LogP contribution in [-0.4, -0.2) is 58.1 Å². The molecule has 2 aliphatic rings. The van der Waals surface area contributed by atoms with Gasteiger partial charge in [-0.25, -0.2) is 0 Å². The predicted molar refractivity (Wildman–Crippen MR) is 139 cm³/mol. The Morgan fingerprint density at radius 3 is 2.41 bits per heavy atom. The Balaban J connectivity index is 1.31. The van der Waals surface area contributed by atoms with Gasteiger partial charge in [-0.05, 0) is 60.8 Å². The summed E-state index contributed by atoms with van der Waals surface area (Å²) in [5.74, 6) is -0.796. The number of phenols is 2. The molecule has 1 fully saturated rings. The van der Waals surface area contributed by atoms with Crippen molar-refractivity contribution in [1.82, 2.24) is 15.1 Å². The quantitative estimate of drug-likeness (QED) is 0.477. The third-order valence-corrected chi connectivity index (χ3v) is 6.96. The maximum absolute atomic E-state index is 13.4. The molecule has 0 aromatic heterocycles. The smallest absolute Gasteiger partial charge is 0.258 e. The Labute approximate surface area is 216 Å². The first-order valence-electron chi connectivity index (χ1n) is 12.5. The Hall–Kier alpha value is -4.04. The van der Waals surface area contributed by atoms with Crippen LogP contribution in [0.4, 0.5) is 0 Å². The monoisotopic (exact) mass is 501 g/mol. The van der Waals surface area contributed by atoms with E-state index in [2.05, 4.69) is 5.32 Å². The predicted octanol–water partition coefficient (Wildman–Crippen LogP) is 3.66. The second-order valence-corrected chi connectivity index (χ2v) is 9.69. The summed E-state index contributed by atoms with van der Waals surface area (Å²) in [5.41, 5.74) is 2.90. The highest BCUT2D eigenvalue weighted by Gasteiger charge is 2.29. The summed E-state index contributed by atoms with van der Waals surface area (Å²) >= 11 is 0. The summed E-state index contributed by atoms with van der Waals surface area (Å²) < 4.78 is 6.15. The number of rotatable bonds is 6. The summed E-state index contributed by atoms with van der Waals surface area (Å²) in [6.45, 7) is 2.99. The lowest BCUT2D eigenvalue weighted by Gasteiger charge is -2.24. The molecule has 5 rings (SSSR count). The van der Waals surface area contributed by atoms with E-state index in [0.717, 1.165) is 54.4 Å². The number of phenolic OH excluding ortho intramolecular Hbond substituents is 2. The normalized spacial score (nSPS) is 15.3. The maximum atomic E-state index is 13.4. The van der Waals surface area contributed by atoms with Crippen LogP contribution in [0.25, 0.3) is 0 Å². The number of benzene rings is 3. The summed E-state index contributed by atoms with van der Waals surface area (Å²) in [6.07, 6.45) is 2.11. The van der Waals surface area contributed by atoms with Crippen molar-refractivity contribution < 1.29 is 24.5 Å². The summed E-state index contributed by atoms with van der Waals surface area (Å²) in [6, 6.07) is 17.7. The molecule has 2 amide bonds. The van der Waals surface area contributed by atoms with E-state index >= 15 is 0 Å². The molecule has 37 heavy (non-hydrogen) atoms. The van der Waals surface area contributed by atoms with Crippen LogP contribution in [0.3, 0.4) is 0 Å². The van der Waals surface area contributed by atoms with Crippen LogP contribution in [0, 0.1) is 0 Å². The molecule has 0 spiro atoms. The highest BCUT2D eigenvalue weighted by atomic mass is 16.5. The Morgan fingerprint density at radius 1 is 0.946 bits per heavy atom. The van der Waals surface area contributed by atoms with Gasteiger partial charge in [0.1, 0.15) is 23.4 Å². The van der Waals surface area contributed by atoms with Gasteiger partial charge < -0.3 is 30.1 Å². The minimum atomic E-state index is -0.445. The van der Waals surface area contributed by atoms with Crippen LogP contribution < -0.4 is 10.1 Å². The lowest BCUT2D eigenvalue weighted by Crippen LogP contribution is -2.34. The van der Waals surface area contributed by atoms with Gasteiger partial charge >= 0.3 is 0 Å². The minimum absolute atomic E-state index is 0.0201. The Bertz CT molecular complexity index is 1300. The molecule has 192 valence electrons. The molecule has 2 heterocycles. The average Bonchev–Trinajstić information content (AvgIpc) is 3.33. The molecular formula is C29H31N3O5. The molecule has 3 N–H and O–H groups in total. The number of hydrogen-bond donors (Lipinski definition) is 3. The molecule has 8 nitrogen and oxygen atoms in total. The van der Waals surface area contributed by atoms with E-state index in [1.54, 1.807) is 11.9 Å². The number of hydrogen-bond acceptors (Lipinski definition) is 6. The minimum Gasteiger partial charge on any atom is -0.507 e. The van der Waals surface area contributed by atoms with Gasteiger partial charge in [-0.3, -0.25) is 9.59 Å². The van der Waals surface area contributed by atoms with Gasteiger partial charge in [-0.2, -0.15) is 0 Å². The van der Waals surface area contributed by atoms with Crippen molar-refractivity contribution in [2.75, 3.05) is 20.1 Å². The van der Waals surface area contributed by atoms with Crippen molar-refractivity contribution in [2.24, 2.45) is 0 Å². The topological polar surface area (TPSA) is 102 Å². The second-order valence-electron chi connectivity index (χ2n) is 9.69. The van der Waals surface area contributed by atoms with Crippen molar-refractivity contribution in [2.45, 2.75) is 38.6 Å². The van der Waals surface area contributed by atoms with E-state index in [-0.39, 0.29) is 28.7 Å². The number of piperidine rings is 1. The second kappa shape index (κ2) is 10.5. The van der Waals surface area contributed by atoms with E-state index in [9.17, 15) is 19.8 Å². The molecule has 0 atom stereocenters. The van der Waals surface area contributed by atoms with Gasteiger partial charge in [0.25, 0.3) is 11.8 Å². The number of nitrogens with one attached hydrogen (secondary N) is 1. The van der Waals surface area contributed by atoms with Gasteiger partial charge in [0, 0.05) is 32.7 Å². The van der Waals surface area contributed by atoms with Crippen LogP contribution in [0.1, 0.15) is 50.2 Å². The van der Waals surface area contributed by atoms with Crippen LogP contribution >= 0.6 is 0 Å². The molecule has 0 saturated carbocycles. The molecule has 0 unspecified atom stereocenters. The first-order chi connectivity index (χ1) is 17.9.